The molecule has 0 bridgehead atoms. The van der Waals surface area contributed by atoms with Gasteiger partial charge in [-0.05, 0) is 33.9 Å². The predicted molar refractivity (Wildman–Crippen MR) is 68.8 cm³/mol. The molecule has 1 aromatic rings. The fourth-order valence-corrected chi connectivity index (χ4v) is 2.41. The summed E-state index contributed by atoms with van der Waals surface area (Å²) in [5, 5.41) is 18.6. The van der Waals surface area contributed by atoms with E-state index < -0.39 is 0 Å². The number of nitro groups is 1. The van der Waals surface area contributed by atoms with Crippen LogP contribution in [-0.2, 0) is 6.54 Å². The van der Waals surface area contributed by atoms with Crippen molar-refractivity contribution >= 4 is 11.5 Å². The fourth-order valence-electron chi connectivity index (χ4n) is 2.41. The molecule has 1 unspecified atom stereocenters. The average Bonchev–Trinajstić information content (AvgIpc) is 2.83. The Morgan fingerprint density at radius 1 is 1.61 bits per heavy atom. The number of aromatic nitrogens is 2. The van der Waals surface area contributed by atoms with Crippen LogP contribution in [0.5, 0.6) is 0 Å². The molecule has 0 saturated carbocycles. The Balaban J connectivity index is 2.27. The van der Waals surface area contributed by atoms with Gasteiger partial charge in [0.1, 0.15) is 5.69 Å². The number of aryl methyl sites for hydroxylation is 2. The Kier molecular flexibility index (Phi) is 3.51. The maximum absolute atomic E-state index is 11.1. The minimum absolute atomic E-state index is 0.103. The monoisotopic (exact) mass is 253 g/mol. The van der Waals surface area contributed by atoms with Gasteiger partial charge in [-0.2, -0.15) is 5.10 Å². The number of likely N-dealkylation sites (N-methyl/N-ethyl adjacent to an activating group) is 1. The molecule has 18 heavy (non-hydrogen) atoms. The summed E-state index contributed by atoms with van der Waals surface area (Å²) < 4.78 is 1.67. The molecule has 2 heterocycles. The molecule has 0 aromatic carbocycles. The number of nitrogens with zero attached hydrogens (tertiary/aromatic N) is 4. The van der Waals surface area contributed by atoms with Crippen molar-refractivity contribution in [2.75, 3.05) is 25.5 Å². The molecule has 1 atom stereocenters. The molecular formula is C11H19N5O2. The summed E-state index contributed by atoms with van der Waals surface area (Å²) in [6, 6.07) is 0.259. The summed E-state index contributed by atoms with van der Waals surface area (Å²) >= 11 is 0. The highest BCUT2D eigenvalue weighted by molar-refractivity contribution is 5.60. The fraction of sp³-hybridized carbons (Fsp3) is 0.727. The lowest BCUT2D eigenvalue weighted by Gasteiger charge is -2.14. The molecule has 1 N–H and O–H groups in total. The molecule has 1 aliphatic rings. The molecule has 0 aliphatic carbocycles. The number of hydrogen-bond acceptors (Lipinski definition) is 5. The number of nitrogens with one attached hydrogen (secondary N) is 1. The molecule has 1 aromatic heterocycles. The van der Waals surface area contributed by atoms with Crippen LogP contribution in [0.2, 0.25) is 0 Å². The maximum atomic E-state index is 11.1. The second kappa shape index (κ2) is 4.93. The van der Waals surface area contributed by atoms with Crippen LogP contribution in [-0.4, -0.2) is 45.8 Å². The van der Waals surface area contributed by atoms with Crippen molar-refractivity contribution in [3.63, 3.8) is 0 Å². The molecular weight excluding hydrogens is 234 g/mol. The van der Waals surface area contributed by atoms with Gasteiger partial charge in [0.25, 0.3) is 0 Å². The van der Waals surface area contributed by atoms with Gasteiger partial charge in [0.2, 0.25) is 5.82 Å². The van der Waals surface area contributed by atoms with Crippen LogP contribution >= 0.6 is 0 Å². The summed E-state index contributed by atoms with van der Waals surface area (Å²) in [4.78, 5) is 13.0. The molecule has 0 amide bonds. The minimum atomic E-state index is -0.352. The van der Waals surface area contributed by atoms with E-state index in [1.54, 1.807) is 11.6 Å². The van der Waals surface area contributed by atoms with Gasteiger partial charge in [0.15, 0.2) is 0 Å². The topological polar surface area (TPSA) is 76.2 Å². The zero-order valence-electron chi connectivity index (χ0n) is 11.0. The molecule has 0 radical (unpaired) electrons. The van der Waals surface area contributed by atoms with Gasteiger partial charge >= 0.3 is 5.69 Å². The van der Waals surface area contributed by atoms with E-state index in [1.165, 1.54) is 0 Å². The normalized spacial score (nSPS) is 20.3. The first-order chi connectivity index (χ1) is 8.52. The molecule has 7 heteroatoms. The third-order valence-electron chi connectivity index (χ3n) is 3.31. The molecule has 2 rings (SSSR count). The van der Waals surface area contributed by atoms with E-state index in [9.17, 15) is 10.1 Å². The van der Waals surface area contributed by atoms with Crippen molar-refractivity contribution in [3.8, 4) is 0 Å². The van der Waals surface area contributed by atoms with E-state index in [0.717, 1.165) is 19.5 Å². The summed E-state index contributed by atoms with van der Waals surface area (Å²) in [5.74, 6) is 0.542. The zero-order chi connectivity index (χ0) is 13.3. The molecule has 0 spiro atoms. The predicted octanol–water partition coefficient (Wildman–Crippen LogP) is 1.24. The van der Waals surface area contributed by atoms with Crippen molar-refractivity contribution in [2.24, 2.45) is 0 Å². The highest BCUT2D eigenvalue weighted by Gasteiger charge is 2.28. The lowest BCUT2D eigenvalue weighted by molar-refractivity contribution is -0.384. The van der Waals surface area contributed by atoms with Crippen LogP contribution in [0.3, 0.4) is 0 Å². The van der Waals surface area contributed by atoms with Gasteiger partial charge in [-0.25, -0.2) is 4.68 Å². The first kappa shape index (κ1) is 12.8. The van der Waals surface area contributed by atoms with Crippen molar-refractivity contribution in [3.05, 3.63) is 15.8 Å². The highest BCUT2D eigenvalue weighted by Crippen LogP contribution is 2.29. The summed E-state index contributed by atoms with van der Waals surface area (Å²) in [6.45, 7) is 6.16. The second-order valence-corrected chi connectivity index (χ2v) is 4.75. The van der Waals surface area contributed by atoms with Crippen LogP contribution in [0.15, 0.2) is 0 Å². The summed E-state index contributed by atoms with van der Waals surface area (Å²) in [7, 11) is 2.05. The molecule has 1 fully saturated rings. The van der Waals surface area contributed by atoms with Crippen LogP contribution in [0.25, 0.3) is 0 Å². The smallest absolute Gasteiger partial charge is 0.333 e. The van der Waals surface area contributed by atoms with Crippen molar-refractivity contribution in [1.82, 2.24) is 14.7 Å². The van der Waals surface area contributed by atoms with Crippen LogP contribution in [0.1, 0.15) is 19.0 Å². The highest BCUT2D eigenvalue weighted by atomic mass is 16.6. The van der Waals surface area contributed by atoms with Gasteiger partial charge < -0.3 is 10.2 Å². The lowest BCUT2D eigenvalue weighted by Crippen LogP contribution is -2.25. The van der Waals surface area contributed by atoms with Crippen LogP contribution in [0, 0.1) is 17.0 Å². The maximum Gasteiger partial charge on any atom is 0.333 e. The van der Waals surface area contributed by atoms with Gasteiger partial charge in [0, 0.05) is 19.1 Å². The van der Waals surface area contributed by atoms with Gasteiger partial charge in [0.05, 0.1) is 4.92 Å². The molecule has 7 nitrogen and oxygen atoms in total. The second-order valence-electron chi connectivity index (χ2n) is 4.75. The third-order valence-corrected chi connectivity index (χ3v) is 3.31. The van der Waals surface area contributed by atoms with E-state index in [1.807, 2.05) is 6.92 Å². The SMILES string of the molecule is CCn1nc(C)c([N+](=O)[O-])c1NC1CCN(C)C1. The minimum Gasteiger partial charge on any atom is -0.360 e. The average molecular weight is 253 g/mol. The van der Waals surface area contributed by atoms with Gasteiger partial charge in [-0.3, -0.25) is 10.1 Å². The summed E-state index contributed by atoms with van der Waals surface area (Å²) in [6.07, 6.45) is 1.00. The van der Waals surface area contributed by atoms with Crippen molar-refractivity contribution < 1.29 is 4.92 Å². The van der Waals surface area contributed by atoms with Gasteiger partial charge in [-0.1, -0.05) is 0 Å². The Morgan fingerprint density at radius 3 is 2.83 bits per heavy atom. The van der Waals surface area contributed by atoms with E-state index in [4.69, 9.17) is 0 Å². The quantitative estimate of drug-likeness (QED) is 0.645. The van der Waals surface area contributed by atoms with Crippen molar-refractivity contribution in [2.45, 2.75) is 32.9 Å². The summed E-state index contributed by atoms with van der Waals surface area (Å²) in [5.41, 5.74) is 0.571. The van der Waals surface area contributed by atoms with E-state index >= 15 is 0 Å². The Morgan fingerprint density at radius 2 is 2.33 bits per heavy atom. The number of likely N-dealkylation sites (tertiary alicyclic amines) is 1. The first-order valence-corrected chi connectivity index (χ1v) is 6.19. The van der Waals surface area contributed by atoms with Gasteiger partial charge in [-0.15, -0.1) is 0 Å². The lowest BCUT2D eigenvalue weighted by atomic mass is 10.2. The van der Waals surface area contributed by atoms with Crippen LogP contribution in [0.4, 0.5) is 11.5 Å². The number of anilines is 1. The first-order valence-electron chi connectivity index (χ1n) is 6.19. The van der Waals surface area contributed by atoms with Crippen molar-refractivity contribution in [1.29, 1.82) is 0 Å². The van der Waals surface area contributed by atoms with E-state index in [0.29, 0.717) is 18.1 Å². The largest absolute Gasteiger partial charge is 0.360 e. The Hall–Kier alpha value is -1.63. The standard InChI is InChI=1S/C11H19N5O2/c1-4-15-11(10(16(17)18)8(2)13-15)12-9-5-6-14(3)7-9/h9,12H,4-7H2,1-3H3. The Bertz CT molecular complexity index is 457. The molecule has 1 aliphatic heterocycles. The zero-order valence-corrected chi connectivity index (χ0v) is 11.0. The Labute approximate surface area is 106 Å². The van der Waals surface area contributed by atoms with E-state index in [-0.39, 0.29) is 16.7 Å². The third kappa shape index (κ3) is 2.31. The molecule has 1 saturated heterocycles. The van der Waals surface area contributed by atoms with Crippen LogP contribution < -0.4 is 5.32 Å². The number of hydrogen-bond donors (Lipinski definition) is 1. The van der Waals surface area contributed by atoms with E-state index in [2.05, 4.69) is 22.4 Å². The molecule has 100 valence electrons. The number of rotatable bonds is 4.